The number of nitrogens with zero attached hydrogens (tertiary/aromatic N) is 1. The van der Waals surface area contributed by atoms with Crippen LogP contribution in [-0.4, -0.2) is 49.4 Å². The molecule has 1 N–H and O–H groups in total. The van der Waals surface area contributed by atoms with Gasteiger partial charge >= 0.3 is 0 Å². The quantitative estimate of drug-likeness (QED) is 0.387. The Morgan fingerprint density at radius 3 is 1.38 bits per heavy atom. The van der Waals surface area contributed by atoms with E-state index in [1.165, 1.54) is 83.6 Å². The van der Waals surface area contributed by atoms with Crippen LogP contribution in [0.3, 0.4) is 0 Å². The Bertz CT molecular complexity index is 273. The first kappa shape index (κ1) is 25.6. The van der Waals surface area contributed by atoms with E-state index in [1.54, 1.807) is 0 Å². The molecule has 0 fully saturated rings. The predicted molar refractivity (Wildman–Crippen MR) is 101 cm³/mol. The topological polar surface area (TPSA) is 60.4 Å². The second-order valence-corrected chi connectivity index (χ2v) is 7.90. The largest absolute Gasteiger partial charge is 0.547 e. The summed E-state index contributed by atoms with van der Waals surface area (Å²) in [4.78, 5) is 9.34. The molecule has 0 aliphatic rings. The second kappa shape index (κ2) is 17.2. The molecule has 0 aromatic rings. The molecule has 24 heavy (non-hydrogen) atoms. The van der Waals surface area contributed by atoms with E-state index < -0.39 is 12.1 Å². The first-order valence-corrected chi connectivity index (χ1v) is 9.90. The van der Waals surface area contributed by atoms with Crippen molar-refractivity contribution in [1.82, 2.24) is 0 Å². The molecule has 0 heterocycles. The maximum atomic E-state index is 9.34. The molecule has 0 spiro atoms. The standard InChI is InChI=1S/C17H38N.C3H6O3/c1-5-6-7-8-9-10-11-12-13-14-15-16-17-18(2,3)4;1-2(4)3(5)6/h5-17H2,1-4H3;2,4H,1H3,(H,5,6)/q+1;/p-1. The Morgan fingerprint density at radius 2 is 1.12 bits per heavy atom. The molecule has 1 unspecified atom stereocenters. The fourth-order valence-corrected chi connectivity index (χ4v) is 2.43. The molecule has 4 heteroatoms. The van der Waals surface area contributed by atoms with Crippen molar-refractivity contribution >= 4 is 5.97 Å². The van der Waals surface area contributed by atoms with Crippen LogP contribution in [0, 0.1) is 0 Å². The number of aliphatic hydroxyl groups is 1. The van der Waals surface area contributed by atoms with Gasteiger partial charge in [0, 0.05) is 0 Å². The molecule has 0 amide bonds. The third kappa shape index (κ3) is 26.3. The van der Waals surface area contributed by atoms with E-state index in [9.17, 15) is 9.90 Å². The zero-order valence-electron chi connectivity index (χ0n) is 17.0. The zero-order valence-corrected chi connectivity index (χ0v) is 17.0. The van der Waals surface area contributed by atoms with Crippen molar-refractivity contribution < 1.29 is 19.5 Å². The van der Waals surface area contributed by atoms with Crippen molar-refractivity contribution in [3.8, 4) is 0 Å². The van der Waals surface area contributed by atoms with Crippen LogP contribution in [0.5, 0.6) is 0 Å². The van der Waals surface area contributed by atoms with Gasteiger partial charge in [-0.3, -0.25) is 0 Å². The molecule has 0 aliphatic heterocycles. The minimum absolute atomic E-state index is 1.12. The van der Waals surface area contributed by atoms with Crippen LogP contribution in [0.2, 0.25) is 0 Å². The summed E-state index contributed by atoms with van der Waals surface area (Å²) in [7, 11) is 6.87. The van der Waals surface area contributed by atoms with Crippen LogP contribution in [0.25, 0.3) is 0 Å². The van der Waals surface area contributed by atoms with Gasteiger partial charge in [0.1, 0.15) is 0 Å². The molecule has 146 valence electrons. The summed E-state index contributed by atoms with van der Waals surface area (Å²) in [6.45, 7) is 4.76. The highest BCUT2D eigenvalue weighted by Crippen LogP contribution is 2.12. The summed E-state index contributed by atoms with van der Waals surface area (Å²) in [6.07, 6.45) is 16.0. The van der Waals surface area contributed by atoms with Gasteiger partial charge in [-0.15, -0.1) is 0 Å². The van der Waals surface area contributed by atoms with Gasteiger partial charge in [0.05, 0.1) is 39.8 Å². The minimum Gasteiger partial charge on any atom is -0.547 e. The fourth-order valence-electron chi connectivity index (χ4n) is 2.43. The van der Waals surface area contributed by atoms with Gasteiger partial charge in [0.2, 0.25) is 0 Å². The number of rotatable bonds is 14. The number of carboxylic acids is 1. The lowest BCUT2D eigenvalue weighted by molar-refractivity contribution is -0.870. The lowest BCUT2D eigenvalue weighted by Gasteiger charge is -2.23. The van der Waals surface area contributed by atoms with Crippen molar-refractivity contribution in [2.24, 2.45) is 0 Å². The molecule has 0 aromatic heterocycles. The van der Waals surface area contributed by atoms with E-state index in [0.717, 1.165) is 11.4 Å². The van der Waals surface area contributed by atoms with Crippen LogP contribution in [-0.2, 0) is 4.79 Å². The zero-order chi connectivity index (χ0) is 18.8. The minimum atomic E-state index is -1.44. The van der Waals surface area contributed by atoms with Gasteiger partial charge < -0.3 is 19.5 Å². The summed E-state index contributed by atoms with van der Waals surface area (Å²) in [6, 6.07) is 0. The highest BCUT2D eigenvalue weighted by atomic mass is 16.4. The van der Waals surface area contributed by atoms with Crippen molar-refractivity contribution in [1.29, 1.82) is 0 Å². The van der Waals surface area contributed by atoms with Crippen molar-refractivity contribution in [2.75, 3.05) is 27.7 Å². The summed E-state index contributed by atoms with van der Waals surface area (Å²) >= 11 is 0. The van der Waals surface area contributed by atoms with E-state index in [1.807, 2.05) is 0 Å². The number of carbonyl (C=O) groups excluding carboxylic acids is 1. The lowest BCUT2D eigenvalue weighted by atomic mass is 10.1. The lowest BCUT2D eigenvalue weighted by Crippen LogP contribution is -2.35. The van der Waals surface area contributed by atoms with E-state index in [-0.39, 0.29) is 0 Å². The third-order valence-electron chi connectivity index (χ3n) is 4.02. The first-order valence-electron chi connectivity index (χ1n) is 9.90. The number of hydrogen-bond donors (Lipinski definition) is 1. The molecule has 0 bridgehead atoms. The molecule has 0 aliphatic carbocycles. The highest BCUT2D eigenvalue weighted by Gasteiger charge is 2.04. The Labute approximate surface area is 150 Å². The van der Waals surface area contributed by atoms with E-state index >= 15 is 0 Å². The maximum Gasteiger partial charge on any atom is 0.0905 e. The van der Waals surface area contributed by atoms with Crippen molar-refractivity contribution in [2.45, 2.75) is 97.0 Å². The summed E-state index contributed by atoms with van der Waals surface area (Å²) in [5.41, 5.74) is 0. The molecule has 1 atom stereocenters. The van der Waals surface area contributed by atoms with Crippen molar-refractivity contribution in [3.05, 3.63) is 0 Å². The van der Waals surface area contributed by atoms with Gasteiger partial charge in [-0.05, 0) is 19.8 Å². The molecule has 0 radical (unpaired) electrons. The number of carbonyl (C=O) groups is 1. The number of carboxylic acid groups (broad SMARTS) is 1. The summed E-state index contributed by atoms with van der Waals surface area (Å²) in [5, 5.41) is 17.3. The van der Waals surface area contributed by atoms with Crippen LogP contribution >= 0.6 is 0 Å². The van der Waals surface area contributed by atoms with Crippen LogP contribution in [0.1, 0.15) is 90.9 Å². The molecule has 4 nitrogen and oxygen atoms in total. The molecule has 0 saturated carbocycles. The maximum absolute atomic E-state index is 9.34. The van der Waals surface area contributed by atoms with Gasteiger partial charge in [0.15, 0.2) is 0 Å². The number of aliphatic carboxylic acids is 1. The Hall–Kier alpha value is -0.610. The molecule has 0 saturated heterocycles. The van der Waals surface area contributed by atoms with Crippen molar-refractivity contribution in [3.63, 3.8) is 0 Å². The average molecular weight is 346 g/mol. The predicted octanol–water partition coefficient (Wildman–Crippen LogP) is 3.51. The number of quaternary nitrogens is 1. The van der Waals surface area contributed by atoms with Crippen LogP contribution < -0.4 is 5.11 Å². The monoisotopic (exact) mass is 345 g/mol. The van der Waals surface area contributed by atoms with Gasteiger partial charge in [-0.25, -0.2) is 0 Å². The number of unbranched alkanes of at least 4 members (excludes halogenated alkanes) is 11. The van der Waals surface area contributed by atoms with Gasteiger partial charge in [-0.1, -0.05) is 71.1 Å². The van der Waals surface area contributed by atoms with E-state index in [4.69, 9.17) is 5.11 Å². The van der Waals surface area contributed by atoms with Crippen LogP contribution in [0.15, 0.2) is 0 Å². The molecule has 0 rings (SSSR count). The third-order valence-corrected chi connectivity index (χ3v) is 4.02. The Kier molecular flexibility index (Phi) is 18.4. The number of hydrogen-bond acceptors (Lipinski definition) is 3. The smallest absolute Gasteiger partial charge is 0.0905 e. The number of aliphatic hydroxyl groups excluding tert-OH is 1. The summed E-state index contributed by atoms with van der Waals surface area (Å²) < 4.78 is 1.12. The molecular weight excluding hydrogens is 302 g/mol. The molecule has 0 aromatic carbocycles. The van der Waals surface area contributed by atoms with E-state index in [0.29, 0.717) is 0 Å². The summed E-state index contributed by atoms with van der Waals surface area (Å²) in [5.74, 6) is -1.44. The fraction of sp³-hybridized carbons (Fsp3) is 0.950. The first-order chi connectivity index (χ1) is 11.2. The van der Waals surface area contributed by atoms with Gasteiger partial charge in [-0.2, -0.15) is 0 Å². The molecular formula is C20H43NO3. The normalized spacial score (nSPS) is 12.4. The highest BCUT2D eigenvalue weighted by molar-refractivity contribution is 5.68. The second-order valence-electron chi connectivity index (χ2n) is 7.90. The van der Waals surface area contributed by atoms with Gasteiger partial charge in [0.25, 0.3) is 0 Å². The van der Waals surface area contributed by atoms with E-state index in [2.05, 4.69) is 28.1 Å². The Balaban J connectivity index is 0. The van der Waals surface area contributed by atoms with Crippen LogP contribution in [0.4, 0.5) is 0 Å². The average Bonchev–Trinajstić information content (AvgIpc) is 2.48. The Morgan fingerprint density at radius 1 is 0.833 bits per heavy atom. The SMILES string of the molecule is CC(O)C(=O)[O-].CCCCCCCCCCCCCC[N+](C)(C)C.